The van der Waals surface area contributed by atoms with Crippen molar-refractivity contribution in [3.63, 3.8) is 0 Å². The molecule has 1 aliphatic heterocycles. The summed E-state index contributed by atoms with van der Waals surface area (Å²) < 4.78 is 24.6. The van der Waals surface area contributed by atoms with E-state index in [2.05, 4.69) is 15.3 Å². The van der Waals surface area contributed by atoms with Gasteiger partial charge >= 0.3 is 6.01 Å². The Morgan fingerprint density at radius 1 is 1.23 bits per heavy atom. The lowest BCUT2D eigenvalue weighted by Crippen LogP contribution is -2.17. The lowest BCUT2D eigenvalue weighted by atomic mass is 10.2. The average molecular weight is 375 g/mol. The Hall–Kier alpha value is -2.64. The maximum Gasteiger partial charge on any atom is 0.319 e. The number of hydrogen-bond donors (Lipinski definition) is 2. The number of hydrogen-bond acceptors (Lipinski definition) is 6. The summed E-state index contributed by atoms with van der Waals surface area (Å²) in [5.41, 5.74) is 7.75. The van der Waals surface area contributed by atoms with E-state index in [1.807, 2.05) is 0 Å². The molecule has 0 aliphatic carbocycles. The third-order valence-corrected chi connectivity index (χ3v) is 4.33. The number of aromatic nitrogens is 2. The summed E-state index contributed by atoms with van der Waals surface area (Å²) in [6.45, 7) is 1.17. The standard InChI is InChI=1S/C18H16ClFN4O2/c19-14-8-11(2-3-15(14)20)22-17-13-7-10(21)1-4-16(13)23-18(24-17)26-12-5-6-25-9-12/h1-4,7-8,12H,5-6,9,21H2,(H,22,23,24)/t12-/m0/s1. The van der Waals surface area contributed by atoms with Crippen LogP contribution < -0.4 is 15.8 Å². The first-order valence-corrected chi connectivity index (χ1v) is 8.50. The fraction of sp³-hybridized carbons (Fsp3) is 0.222. The van der Waals surface area contributed by atoms with E-state index in [1.165, 1.54) is 12.1 Å². The molecule has 1 aliphatic rings. The van der Waals surface area contributed by atoms with Gasteiger partial charge in [-0.3, -0.25) is 0 Å². The molecule has 134 valence electrons. The average Bonchev–Trinajstić information content (AvgIpc) is 3.12. The summed E-state index contributed by atoms with van der Waals surface area (Å²) in [7, 11) is 0. The first-order chi connectivity index (χ1) is 12.6. The Bertz CT molecular complexity index is 963. The van der Waals surface area contributed by atoms with E-state index in [0.717, 1.165) is 11.8 Å². The number of benzene rings is 2. The van der Waals surface area contributed by atoms with Crippen molar-refractivity contribution >= 4 is 39.7 Å². The zero-order valence-corrected chi connectivity index (χ0v) is 14.5. The maximum absolute atomic E-state index is 13.4. The molecule has 0 radical (unpaired) electrons. The number of rotatable bonds is 4. The molecule has 2 aromatic carbocycles. The predicted octanol–water partition coefficient (Wildman–Crippen LogP) is 3.92. The summed E-state index contributed by atoms with van der Waals surface area (Å²) in [6.07, 6.45) is 0.716. The van der Waals surface area contributed by atoms with Crippen LogP contribution in [-0.4, -0.2) is 29.3 Å². The van der Waals surface area contributed by atoms with Crippen molar-refractivity contribution in [2.75, 3.05) is 24.3 Å². The van der Waals surface area contributed by atoms with Gasteiger partial charge in [0, 0.05) is 23.2 Å². The lowest BCUT2D eigenvalue weighted by Gasteiger charge is -2.14. The van der Waals surface area contributed by atoms with Crippen LogP contribution >= 0.6 is 11.6 Å². The van der Waals surface area contributed by atoms with Crippen molar-refractivity contribution in [3.8, 4) is 6.01 Å². The molecule has 26 heavy (non-hydrogen) atoms. The lowest BCUT2D eigenvalue weighted by molar-refractivity contribution is 0.134. The number of ether oxygens (including phenoxy) is 2. The summed E-state index contributed by atoms with van der Waals surface area (Å²) in [6, 6.07) is 9.92. The van der Waals surface area contributed by atoms with Crippen LogP contribution in [0.4, 0.5) is 21.6 Å². The molecule has 3 aromatic rings. The van der Waals surface area contributed by atoms with Crippen molar-refractivity contribution in [2.45, 2.75) is 12.5 Å². The number of halogens is 2. The quantitative estimate of drug-likeness (QED) is 0.673. The third kappa shape index (κ3) is 3.49. The van der Waals surface area contributed by atoms with Gasteiger partial charge in [-0.25, -0.2) is 4.39 Å². The maximum atomic E-state index is 13.4. The van der Waals surface area contributed by atoms with Crippen molar-refractivity contribution in [2.24, 2.45) is 0 Å². The highest BCUT2D eigenvalue weighted by molar-refractivity contribution is 6.31. The highest BCUT2D eigenvalue weighted by atomic mass is 35.5. The number of nitrogens with zero attached hydrogens (tertiary/aromatic N) is 2. The van der Waals surface area contributed by atoms with E-state index in [9.17, 15) is 4.39 Å². The fourth-order valence-electron chi connectivity index (χ4n) is 2.74. The van der Waals surface area contributed by atoms with Gasteiger partial charge in [0.25, 0.3) is 0 Å². The van der Waals surface area contributed by atoms with Crippen LogP contribution in [0.15, 0.2) is 36.4 Å². The van der Waals surface area contributed by atoms with E-state index in [1.54, 1.807) is 24.3 Å². The van der Waals surface area contributed by atoms with E-state index < -0.39 is 5.82 Å². The van der Waals surface area contributed by atoms with Crippen LogP contribution in [0.25, 0.3) is 10.9 Å². The predicted molar refractivity (Wildman–Crippen MR) is 98.5 cm³/mol. The van der Waals surface area contributed by atoms with Crippen LogP contribution in [0.3, 0.4) is 0 Å². The molecule has 0 unspecified atom stereocenters. The molecule has 6 nitrogen and oxygen atoms in total. The van der Waals surface area contributed by atoms with Gasteiger partial charge in [0.15, 0.2) is 0 Å². The van der Waals surface area contributed by atoms with Gasteiger partial charge in [-0.1, -0.05) is 11.6 Å². The monoisotopic (exact) mass is 374 g/mol. The molecule has 1 atom stereocenters. The molecule has 1 aromatic heterocycles. The Kier molecular flexibility index (Phi) is 4.48. The van der Waals surface area contributed by atoms with Crippen LogP contribution in [0.1, 0.15) is 6.42 Å². The largest absolute Gasteiger partial charge is 0.458 e. The zero-order chi connectivity index (χ0) is 18.1. The second-order valence-electron chi connectivity index (χ2n) is 5.99. The van der Waals surface area contributed by atoms with Crippen molar-refractivity contribution in [1.82, 2.24) is 9.97 Å². The first kappa shape index (κ1) is 16.8. The smallest absolute Gasteiger partial charge is 0.319 e. The topological polar surface area (TPSA) is 82.3 Å². The highest BCUT2D eigenvalue weighted by Gasteiger charge is 2.19. The van der Waals surface area contributed by atoms with Crippen LogP contribution in [-0.2, 0) is 4.74 Å². The molecule has 8 heteroatoms. The van der Waals surface area contributed by atoms with Crippen LogP contribution in [0.2, 0.25) is 5.02 Å². The molecule has 3 N–H and O–H groups in total. The third-order valence-electron chi connectivity index (χ3n) is 4.04. The van der Waals surface area contributed by atoms with E-state index in [4.69, 9.17) is 26.8 Å². The molecule has 0 amide bonds. The summed E-state index contributed by atoms with van der Waals surface area (Å²) in [4.78, 5) is 8.90. The van der Waals surface area contributed by atoms with Gasteiger partial charge in [-0.2, -0.15) is 9.97 Å². The number of nitrogens with two attached hydrogens (primary N) is 1. The molecular weight excluding hydrogens is 359 g/mol. The second kappa shape index (κ2) is 6.93. The molecule has 0 bridgehead atoms. The Balaban J connectivity index is 1.74. The molecule has 1 fully saturated rings. The molecule has 0 saturated carbocycles. The second-order valence-corrected chi connectivity index (χ2v) is 6.40. The SMILES string of the molecule is Nc1ccc2nc(O[C@H]3CCOC3)nc(Nc3ccc(F)c(Cl)c3)c2c1. The zero-order valence-electron chi connectivity index (χ0n) is 13.7. The number of nitrogens with one attached hydrogen (secondary N) is 1. The Labute approximate surface area is 154 Å². The van der Waals surface area contributed by atoms with Gasteiger partial charge in [0.1, 0.15) is 17.7 Å². The van der Waals surface area contributed by atoms with Gasteiger partial charge < -0.3 is 20.5 Å². The Morgan fingerprint density at radius 3 is 2.88 bits per heavy atom. The van der Waals surface area contributed by atoms with Gasteiger partial charge in [0.2, 0.25) is 0 Å². The molecular formula is C18H16ClFN4O2. The number of anilines is 3. The van der Waals surface area contributed by atoms with Gasteiger partial charge in [-0.15, -0.1) is 0 Å². The molecule has 4 rings (SSSR count). The van der Waals surface area contributed by atoms with E-state index >= 15 is 0 Å². The van der Waals surface area contributed by atoms with Gasteiger partial charge in [0.05, 0.1) is 23.8 Å². The first-order valence-electron chi connectivity index (χ1n) is 8.12. The minimum absolute atomic E-state index is 0.0208. The Morgan fingerprint density at radius 2 is 2.12 bits per heavy atom. The molecule has 2 heterocycles. The van der Waals surface area contributed by atoms with E-state index in [0.29, 0.717) is 35.9 Å². The number of fused-ring (bicyclic) bond motifs is 1. The summed E-state index contributed by atoms with van der Waals surface area (Å²) in [5.74, 6) is 0.0122. The summed E-state index contributed by atoms with van der Waals surface area (Å²) in [5, 5.41) is 3.88. The van der Waals surface area contributed by atoms with Crippen LogP contribution in [0, 0.1) is 5.82 Å². The molecule has 1 saturated heterocycles. The minimum Gasteiger partial charge on any atom is -0.458 e. The normalized spacial score (nSPS) is 16.8. The van der Waals surface area contributed by atoms with Crippen LogP contribution in [0.5, 0.6) is 6.01 Å². The molecule has 0 spiro atoms. The van der Waals surface area contributed by atoms with Gasteiger partial charge in [-0.05, 0) is 36.4 Å². The van der Waals surface area contributed by atoms with Crippen molar-refractivity contribution in [3.05, 3.63) is 47.2 Å². The van der Waals surface area contributed by atoms with Crippen molar-refractivity contribution in [1.29, 1.82) is 0 Å². The van der Waals surface area contributed by atoms with Crippen molar-refractivity contribution < 1.29 is 13.9 Å². The minimum atomic E-state index is -0.487. The van der Waals surface area contributed by atoms with E-state index in [-0.39, 0.29) is 17.1 Å². The number of nitrogen functional groups attached to an aromatic ring is 1. The summed E-state index contributed by atoms with van der Waals surface area (Å²) >= 11 is 5.86. The highest BCUT2D eigenvalue weighted by Crippen LogP contribution is 2.29. The fourth-order valence-corrected chi connectivity index (χ4v) is 2.92.